The van der Waals surface area contributed by atoms with Crippen LogP contribution < -0.4 is 0 Å². The molecule has 0 amide bonds. The van der Waals surface area contributed by atoms with Crippen molar-refractivity contribution in [3.63, 3.8) is 0 Å². The zero-order chi connectivity index (χ0) is 12.9. The van der Waals surface area contributed by atoms with E-state index < -0.39 is 29.8 Å². The molecule has 0 spiro atoms. The molecule has 1 unspecified atom stereocenters. The number of hydrogen-bond donors (Lipinski definition) is 0. The fourth-order valence-electron chi connectivity index (χ4n) is 0.917. The van der Waals surface area contributed by atoms with E-state index in [1.54, 1.807) is 0 Å². The zero-order valence-corrected chi connectivity index (χ0v) is 8.76. The second-order valence-corrected chi connectivity index (χ2v) is 2.79. The van der Waals surface area contributed by atoms with Gasteiger partial charge in [0.2, 0.25) is 5.92 Å². The Bertz CT molecular complexity index is 296. The van der Waals surface area contributed by atoms with Gasteiger partial charge in [-0.25, -0.2) is 0 Å². The molecule has 7 heteroatoms. The first-order valence-electron chi connectivity index (χ1n) is 4.30. The van der Waals surface area contributed by atoms with E-state index in [1.807, 2.05) is 0 Å². The third-order valence-corrected chi connectivity index (χ3v) is 1.45. The molecule has 0 fully saturated rings. The number of ether oxygens (including phenoxy) is 2. The van der Waals surface area contributed by atoms with Crippen LogP contribution in [0.25, 0.3) is 0 Å². The fraction of sp³-hybridized carbons (Fsp3) is 0.556. The molecule has 92 valence electrons. The van der Waals surface area contributed by atoms with Crippen molar-refractivity contribution in [3.05, 3.63) is 12.3 Å². The molecule has 0 aromatic heterocycles. The molecule has 0 aliphatic rings. The lowest BCUT2D eigenvalue weighted by atomic mass is 10.1. The van der Waals surface area contributed by atoms with Crippen LogP contribution in [0.15, 0.2) is 12.3 Å². The van der Waals surface area contributed by atoms with Crippen LogP contribution >= 0.6 is 0 Å². The van der Waals surface area contributed by atoms with Crippen molar-refractivity contribution in [1.29, 1.82) is 0 Å². The van der Waals surface area contributed by atoms with Crippen LogP contribution in [0.2, 0.25) is 0 Å². The van der Waals surface area contributed by atoms with Gasteiger partial charge in [-0.05, 0) is 6.92 Å². The Morgan fingerprint density at radius 2 is 1.88 bits per heavy atom. The normalized spacial score (nSPS) is 12.8. The molecule has 0 radical (unpaired) electrons. The van der Waals surface area contributed by atoms with Crippen molar-refractivity contribution in [2.75, 3.05) is 6.61 Å². The van der Waals surface area contributed by atoms with Crippen LogP contribution in [0, 0.1) is 5.92 Å². The summed E-state index contributed by atoms with van der Waals surface area (Å²) in [5, 5.41) is 0. The Balaban J connectivity index is 4.88. The molecule has 0 bridgehead atoms. The molecule has 0 aromatic carbocycles. The lowest BCUT2D eigenvalue weighted by molar-refractivity contribution is -0.196. The lowest BCUT2D eigenvalue weighted by Crippen LogP contribution is -2.34. The Hall–Kier alpha value is -1.53. The van der Waals surface area contributed by atoms with Gasteiger partial charge in [0, 0.05) is 6.92 Å². The molecule has 0 aliphatic carbocycles. The Labute approximate surface area is 90.0 Å². The molecule has 0 aromatic rings. The second-order valence-electron chi connectivity index (χ2n) is 2.79. The van der Waals surface area contributed by atoms with Gasteiger partial charge in [0.1, 0.15) is 5.76 Å². The van der Waals surface area contributed by atoms with Crippen molar-refractivity contribution < 1.29 is 32.2 Å². The summed E-state index contributed by atoms with van der Waals surface area (Å²) >= 11 is 0. The van der Waals surface area contributed by atoms with Crippen LogP contribution in [-0.4, -0.2) is 24.7 Å². The molecule has 0 aliphatic heterocycles. The summed E-state index contributed by atoms with van der Waals surface area (Å²) < 4.78 is 45.7. The standard InChI is InChI=1S/C9H11F3O4/c1-4-15-8(14)7(9(10,11)12)5(2)16-6(3)13/h7H,2,4H2,1,3H3. The summed E-state index contributed by atoms with van der Waals surface area (Å²) in [6.45, 7) is 4.96. The highest BCUT2D eigenvalue weighted by Gasteiger charge is 2.49. The molecule has 0 rings (SSSR count). The number of carbonyl (C=O) groups excluding carboxylic acids is 2. The number of alkyl halides is 3. The minimum Gasteiger partial charge on any atom is -0.465 e. The molecule has 0 saturated carbocycles. The average molecular weight is 240 g/mol. The molecule has 4 nitrogen and oxygen atoms in total. The zero-order valence-electron chi connectivity index (χ0n) is 8.76. The second kappa shape index (κ2) is 5.53. The maximum absolute atomic E-state index is 12.4. The van der Waals surface area contributed by atoms with Gasteiger partial charge < -0.3 is 9.47 Å². The van der Waals surface area contributed by atoms with E-state index in [4.69, 9.17) is 0 Å². The van der Waals surface area contributed by atoms with E-state index in [1.165, 1.54) is 6.92 Å². The van der Waals surface area contributed by atoms with E-state index in [-0.39, 0.29) is 6.61 Å². The van der Waals surface area contributed by atoms with E-state index in [0.29, 0.717) is 0 Å². The van der Waals surface area contributed by atoms with Crippen molar-refractivity contribution >= 4 is 11.9 Å². The van der Waals surface area contributed by atoms with Gasteiger partial charge in [-0.15, -0.1) is 0 Å². The first kappa shape index (κ1) is 14.5. The number of carbonyl (C=O) groups is 2. The predicted octanol–water partition coefficient (Wildman–Crippen LogP) is 1.80. The van der Waals surface area contributed by atoms with Crippen LogP contribution in [0.1, 0.15) is 13.8 Å². The molecule has 0 N–H and O–H groups in total. The SMILES string of the molecule is C=C(OC(C)=O)C(C(=O)OCC)C(F)(F)F. The van der Waals surface area contributed by atoms with Gasteiger partial charge in [0.25, 0.3) is 0 Å². The predicted molar refractivity (Wildman–Crippen MR) is 47.1 cm³/mol. The van der Waals surface area contributed by atoms with Crippen molar-refractivity contribution in [2.24, 2.45) is 5.92 Å². The summed E-state index contributed by atoms with van der Waals surface area (Å²) in [7, 11) is 0. The third-order valence-electron chi connectivity index (χ3n) is 1.45. The van der Waals surface area contributed by atoms with Crippen LogP contribution in [0.3, 0.4) is 0 Å². The van der Waals surface area contributed by atoms with Gasteiger partial charge in [0.15, 0.2) is 0 Å². The minimum absolute atomic E-state index is 0.210. The Kier molecular flexibility index (Phi) is 5.00. The highest BCUT2D eigenvalue weighted by Crippen LogP contribution is 2.32. The lowest BCUT2D eigenvalue weighted by Gasteiger charge is -2.19. The molecular formula is C9H11F3O4. The summed E-state index contributed by atoms with van der Waals surface area (Å²) in [4.78, 5) is 21.5. The Morgan fingerprint density at radius 1 is 1.38 bits per heavy atom. The molecule has 0 saturated heterocycles. The van der Waals surface area contributed by atoms with Crippen LogP contribution in [0.5, 0.6) is 0 Å². The van der Waals surface area contributed by atoms with Crippen molar-refractivity contribution in [3.8, 4) is 0 Å². The smallest absolute Gasteiger partial charge is 0.409 e. The first-order valence-corrected chi connectivity index (χ1v) is 4.30. The molecule has 1 atom stereocenters. The van der Waals surface area contributed by atoms with Gasteiger partial charge in [-0.2, -0.15) is 13.2 Å². The number of hydrogen-bond acceptors (Lipinski definition) is 4. The van der Waals surface area contributed by atoms with E-state index >= 15 is 0 Å². The number of halogens is 3. The average Bonchev–Trinajstić information content (AvgIpc) is 1.99. The molecule has 16 heavy (non-hydrogen) atoms. The summed E-state index contributed by atoms with van der Waals surface area (Å²) in [5.74, 6) is -6.15. The van der Waals surface area contributed by atoms with E-state index in [9.17, 15) is 22.8 Å². The summed E-state index contributed by atoms with van der Waals surface area (Å²) in [6.07, 6.45) is -4.90. The van der Waals surface area contributed by atoms with Gasteiger partial charge >= 0.3 is 18.1 Å². The number of esters is 2. The van der Waals surface area contributed by atoms with Crippen molar-refractivity contribution in [1.82, 2.24) is 0 Å². The van der Waals surface area contributed by atoms with Crippen LogP contribution in [0.4, 0.5) is 13.2 Å². The summed E-state index contributed by atoms with van der Waals surface area (Å²) in [5.41, 5.74) is 0. The van der Waals surface area contributed by atoms with Gasteiger partial charge in [0.05, 0.1) is 6.61 Å². The maximum Gasteiger partial charge on any atom is 0.409 e. The van der Waals surface area contributed by atoms with E-state index in [0.717, 1.165) is 6.92 Å². The fourth-order valence-corrected chi connectivity index (χ4v) is 0.917. The highest BCUT2D eigenvalue weighted by molar-refractivity contribution is 5.77. The molecule has 0 heterocycles. The van der Waals surface area contributed by atoms with E-state index in [2.05, 4.69) is 16.1 Å². The summed E-state index contributed by atoms with van der Waals surface area (Å²) in [6, 6.07) is 0. The monoisotopic (exact) mass is 240 g/mol. The van der Waals surface area contributed by atoms with Crippen molar-refractivity contribution in [2.45, 2.75) is 20.0 Å². The Morgan fingerprint density at radius 3 is 2.19 bits per heavy atom. The topological polar surface area (TPSA) is 52.6 Å². The first-order chi connectivity index (χ1) is 7.20. The van der Waals surface area contributed by atoms with Gasteiger partial charge in [-0.1, -0.05) is 6.58 Å². The largest absolute Gasteiger partial charge is 0.465 e. The van der Waals surface area contributed by atoms with Crippen LogP contribution in [-0.2, 0) is 19.1 Å². The quantitative estimate of drug-likeness (QED) is 0.555. The highest BCUT2D eigenvalue weighted by atomic mass is 19.4. The maximum atomic E-state index is 12.4. The minimum atomic E-state index is -4.90. The van der Waals surface area contributed by atoms with Gasteiger partial charge in [-0.3, -0.25) is 9.59 Å². The number of rotatable bonds is 4. The molecular weight excluding hydrogens is 229 g/mol. The third kappa shape index (κ3) is 4.33.